The van der Waals surface area contributed by atoms with Gasteiger partial charge in [0.15, 0.2) is 33.0 Å². The second-order valence-corrected chi connectivity index (χ2v) is 9.30. The van der Waals surface area contributed by atoms with Gasteiger partial charge in [-0.15, -0.1) is 23.2 Å². The molecule has 178 valence electrons. The summed E-state index contributed by atoms with van der Waals surface area (Å²) in [6, 6.07) is 3.72. The van der Waals surface area contributed by atoms with Gasteiger partial charge in [-0.3, -0.25) is 9.59 Å². The van der Waals surface area contributed by atoms with Crippen LogP contribution in [-0.4, -0.2) is 26.7 Å². The molecule has 34 heavy (non-hydrogen) atoms. The van der Waals surface area contributed by atoms with Gasteiger partial charge in [0.1, 0.15) is 11.4 Å². The summed E-state index contributed by atoms with van der Waals surface area (Å²) in [4.78, 5) is 21.6. The standard InChI is InChI=1S/C22H11Cl3F5NO3/c1-2-8-5-6-21(24)19(33)31(18-16(29)14(27)13(26)15(28)17(18)30)20(34)22(21,25)12(8)10-7-9(23)3-4-11(10)32/h2-5,7,12,32H,1,6H2. The van der Waals surface area contributed by atoms with Crippen LogP contribution in [0.5, 0.6) is 5.75 Å². The number of alkyl halides is 2. The summed E-state index contributed by atoms with van der Waals surface area (Å²) in [5, 5.41) is 10.5. The Hall–Kier alpha value is -2.62. The number of imide groups is 1. The molecule has 4 nitrogen and oxygen atoms in total. The number of phenolic OH excluding ortho intramolecular Hbond substituents is 1. The summed E-state index contributed by atoms with van der Waals surface area (Å²) in [7, 11) is 0. The second-order valence-electron chi connectivity index (χ2n) is 7.63. The molecule has 1 fully saturated rings. The number of halogens is 8. The predicted molar refractivity (Wildman–Crippen MR) is 115 cm³/mol. The molecule has 2 aliphatic rings. The Labute approximate surface area is 203 Å². The summed E-state index contributed by atoms with van der Waals surface area (Å²) < 4.78 is 70.5. The number of allylic oxidation sites excluding steroid dienone is 3. The number of benzene rings is 2. The Kier molecular flexibility index (Phi) is 5.74. The first-order chi connectivity index (χ1) is 15.8. The van der Waals surface area contributed by atoms with E-state index in [2.05, 4.69) is 6.58 Å². The number of fused-ring (bicyclic) bond motifs is 1. The average molecular weight is 539 g/mol. The number of amides is 2. The van der Waals surface area contributed by atoms with Crippen molar-refractivity contribution in [3.8, 4) is 5.75 Å². The zero-order chi connectivity index (χ0) is 25.3. The van der Waals surface area contributed by atoms with Crippen LogP contribution >= 0.6 is 34.8 Å². The predicted octanol–water partition coefficient (Wildman–Crippen LogP) is 5.87. The van der Waals surface area contributed by atoms with E-state index in [0.717, 1.165) is 0 Å². The van der Waals surface area contributed by atoms with Gasteiger partial charge in [-0.2, -0.15) is 0 Å². The summed E-state index contributed by atoms with van der Waals surface area (Å²) in [6.07, 6.45) is 2.15. The fourth-order valence-electron chi connectivity index (χ4n) is 4.30. The van der Waals surface area contributed by atoms with E-state index < -0.39 is 74.4 Å². The van der Waals surface area contributed by atoms with E-state index in [1.54, 1.807) is 0 Å². The number of rotatable bonds is 3. The minimum Gasteiger partial charge on any atom is -0.508 e. The molecule has 0 saturated carbocycles. The SMILES string of the molecule is C=CC1=CCC2(Cl)C(=O)N(c3c(F)c(F)c(F)c(F)c3F)C(=O)C2(Cl)C1c1cc(Cl)ccc1O. The number of nitrogens with zero attached hydrogens (tertiary/aromatic N) is 1. The van der Waals surface area contributed by atoms with Gasteiger partial charge in [-0.05, 0) is 30.2 Å². The summed E-state index contributed by atoms with van der Waals surface area (Å²) >= 11 is 19.3. The lowest BCUT2D eigenvalue weighted by Gasteiger charge is -2.42. The Morgan fingerprint density at radius 1 is 1.00 bits per heavy atom. The Balaban J connectivity index is 2.02. The molecular formula is C22H11Cl3F5NO3. The van der Waals surface area contributed by atoms with Gasteiger partial charge >= 0.3 is 0 Å². The molecular weight excluding hydrogens is 528 g/mol. The lowest BCUT2D eigenvalue weighted by Crippen LogP contribution is -2.54. The molecule has 0 bridgehead atoms. The third-order valence-electron chi connectivity index (χ3n) is 5.93. The van der Waals surface area contributed by atoms with Gasteiger partial charge in [0.2, 0.25) is 5.82 Å². The zero-order valence-electron chi connectivity index (χ0n) is 16.6. The summed E-state index contributed by atoms with van der Waals surface area (Å²) in [5.41, 5.74) is -1.70. The van der Waals surface area contributed by atoms with Gasteiger partial charge in [0.25, 0.3) is 11.8 Å². The van der Waals surface area contributed by atoms with Gasteiger partial charge in [-0.1, -0.05) is 30.3 Å². The van der Waals surface area contributed by atoms with E-state index in [1.807, 2.05) is 0 Å². The number of carbonyl (C=O) groups excluding carboxylic acids is 2. The van der Waals surface area contributed by atoms with Gasteiger partial charge in [-0.25, -0.2) is 26.9 Å². The lowest BCUT2D eigenvalue weighted by atomic mass is 9.68. The van der Waals surface area contributed by atoms with E-state index in [4.69, 9.17) is 34.8 Å². The van der Waals surface area contributed by atoms with E-state index in [9.17, 15) is 36.6 Å². The molecule has 0 aromatic heterocycles. The van der Waals surface area contributed by atoms with Crippen LogP contribution in [0.2, 0.25) is 5.02 Å². The normalized spacial score (nSPS) is 26.5. The average Bonchev–Trinajstić information content (AvgIpc) is 2.95. The number of hydrogen-bond donors (Lipinski definition) is 1. The quantitative estimate of drug-likeness (QED) is 0.175. The topological polar surface area (TPSA) is 57.6 Å². The highest BCUT2D eigenvalue weighted by molar-refractivity contribution is 6.58. The summed E-state index contributed by atoms with van der Waals surface area (Å²) in [5.74, 6) is -17.0. The van der Waals surface area contributed by atoms with Crippen LogP contribution in [0.4, 0.5) is 27.6 Å². The molecule has 1 aliphatic heterocycles. The molecule has 1 saturated heterocycles. The van der Waals surface area contributed by atoms with Crippen molar-refractivity contribution >= 4 is 52.3 Å². The first-order valence-electron chi connectivity index (χ1n) is 9.42. The van der Waals surface area contributed by atoms with E-state index in [1.165, 1.54) is 30.4 Å². The van der Waals surface area contributed by atoms with Crippen LogP contribution in [0.3, 0.4) is 0 Å². The number of aromatic hydroxyl groups is 1. The molecule has 1 N–H and O–H groups in total. The third-order valence-corrected chi connectivity index (χ3v) is 7.58. The van der Waals surface area contributed by atoms with Crippen LogP contribution in [0.25, 0.3) is 0 Å². The van der Waals surface area contributed by atoms with Crippen molar-refractivity contribution in [1.82, 2.24) is 0 Å². The number of carbonyl (C=O) groups is 2. The Bertz CT molecular complexity index is 1300. The maximum absolute atomic E-state index is 14.6. The minimum absolute atomic E-state index is 0.0845. The molecule has 0 spiro atoms. The smallest absolute Gasteiger partial charge is 0.258 e. The largest absolute Gasteiger partial charge is 0.508 e. The first kappa shape index (κ1) is 24.5. The molecule has 2 aromatic rings. The van der Waals surface area contributed by atoms with Gasteiger partial charge < -0.3 is 5.11 Å². The van der Waals surface area contributed by atoms with E-state index in [-0.39, 0.29) is 21.1 Å². The highest BCUT2D eigenvalue weighted by Gasteiger charge is 2.74. The maximum Gasteiger partial charge on any atom is 0.258 e. The van der Waals surface area contributed by atoms with Gasteiger partial charge in [0, 0.05) is 16.5 Å². The molecule has 3 atom stereocenters. The molecule has 12 heteroatoms. The summed E-state index contributed by atoms with van der Waals surface area (Å²) in [6.45, 7) is 3.61. The monoisotopic (exact) mass is 537 g/mol. The Morgan fingerprint density at radius 3 is 2.12 bits per heavy atom. The van der Waals surface area contributed by atoms with Crippen LogP contribution < -0.4 is 4.90 Å². The molecule has 1 aliphatic carbocycles. The highest BCUT2D eigenvalue weighted by atomic mass is 35.5. The van der Waals surface area contributed by atoms with Crippen LogP contribution in [0.1, 0.15) is 17.9 Å². The van der Waals surface area contributed by atoms with Crippen molar-refractivity contribution in [2.75, 3.05) is 4.90 Å². The molecule has 0 radical (unpaired) electrons. The van der Waals surface area contributed by atoms with Crippen molar-refractivity contribution in [2.45, 2.75) is 22.1 Å². The van der Waals surface area contributed by atoms with Crippen molar-refractivity contribution in [1.29, 1.82) is 0 Å². The number of anilines is 1. The number of hydrogen-bond acceptors (Lipinski definition) is 3. The molecule has 3 unspecified atom stereocenters. The highest BCUT2D eigenvalue weighted by Crippen LogP contribution is 2.61. The fraction of sp³-hybridized carbons (Fsp3) is 0.182. The van der Waals surface area contributed by atoms with Crippen molar-refractivity contribution in [3.05, 3.63) is 82.2 Å². The number of phenols is 1. The van der Waals surface area contributed by atoms with Crippen LogP contribution in [0.15, 0.2) is 42.5 Å². The van der Waals surface area contributed by atoms with Crippen molar-refractivity contribution < 1.29 is 36.6 Å². The zero-order valence-corrected chi connectivity index (χ0v) is 18.9. The van der Waals surface area contributed by atoms with Crippen molar-refractivity contribution in [2.24, 2.45) is 0 Å². The lowest BCUT2D eigenvalue weighted by molar-refractivity contribution is -0.122. The minimum atomic E-state index is -2.58. The van der Waals surface area contributed by atoms with Crippen LogP contribution in [0, 0.1) is 29.1 Å². The van der Waals surface area contributed by atoms with Crippen molar-refractivity contribution in [3.63, 3.8) is 0 Å². The molecule has 4 rings (SSSR count). The van der Waals surface area contributed by atoms with Gasteiger partial charge in [0.05, 0.1) is 0 Å². The molecule has 1 heterocycles. The Morgan fingerprint density at radius 2 is 1.56 bits per heavy atom. The van der Waals surface area contributed by atoms with E-state index in [0.29, 0.717) is 0 Å². The maximum atomic E-state index is 14.6. The first-order valence-corrected chi connectivity index (χ1v) is 10.5. The molecule has 2 amide bonds. The van der Waals surface area contributed by atoms with Crippen LogP contribution in [-0.2, 0) is 9.59 Å². The van der Waals surface area contributed by atoms with E-state index >= 15 is 0 Å². The second kappa shape index (κ2) is 7.96. The third kappa shape index (κ3) is 2.96. The fourth-order valence-corrected chi connectivity index (χ4v) is 5.31. The molecule has 2 aromatic carbocycles.